The average molecular weight is 455 g/mol. The number of aromatic nitrogens is 1. The van der Waals surface area contributed by atoms with Crippen LogP contribution in [0.5, 0.6) is 0 Å². The quantitative estimate of drug-likeness (QED) is 0.591. The van der Waals surface area contributed by atoms with Crippen LogP contribution in [0.1, 0.15) is 23.4 Å². The van der Waals surface area contributed by atoms with Gasteiger partial charge < -0.3 is 15.1 Å². The van der Waals surface area contributed by atoms with Gasteiger partial charge in [-0.25, -0.2) is 8.42 Å². The van der Waals surface area contributed by atoms with E-state index in [1.807, 2.05) is 0 Å². The van der Waals surface area contributed by atoms with E-state index in [0.29, 0.717) is 24.2 Å². The maximum absolute atomic E-state index is 12.7. The van der Waals surface area contributed by atoms with Crippen molar-refractivity contribution < 1.29 is 22.4 Å². The van der Waals surface area contributed by atoms with Crippen LogP contribution in [0.3, 0.4) is 0 Å². The van der Waals surface area contributed by atoms with Crippen LogP contribution in [0.2, 0.25) is 0 Å². The Morgan fingerprint density at radius 3 is 2.25 bits per heavy atom. The van der Waals surface area contributed by atoms with E-state index in [1.54, 1.807) is 42.5 Å². The number of furan rings is 1. The van der Waals surface area contributed by atoms with E-state index in [0.717, 1.165) is 0 Å². The standard InChI is InChI=1S/C22H22N4O5S/c27-21(16-9-12-26(13-10-16)32(29,30)19-3-1-11-23-15-19)24-17-5-7-18(8-6-17)25-22(28)20-4-2-14-31-20/h1-8,11,14-16H,9-10,12-13H2,(H,24,27)(H,25,28). The minimum absolute atomic E-state index is 0.155. The van der Waals surface area contributed by atoms with Crippen molar-refractivity contribution in [1.82, 2.24) is 9.29 Å². The van der Waals surface area contributed by atoms with Crippen molar-refractivity contribution in [3.63, 3.8) is 0 Å². The van der Waals surface area contributed by atoms with Crippen molar-refractivity contribution in [3.05, 3.63) is 72.9 Å². The molecule has 0 aliphatic carbocycles. The van der Waals surface area contributed by atoms with Crippen molar-refractivity contribution in [2.24, 2.45) is 5.92 Å². The Morgan fingerprint density at radius 1 is 0.969 bits per heavy atom. The van der Waals surface area contributed by atoms with Crippen LogP contribution >= 0.6 is 0 Å². The molecule has 3 aromatic rings. The summed E-state index contributed by atoms with van der Waals surface area (Å²) in [7, 11) is -3.60. The van der Waals surface area contributed by atoms with Gasteiger partial charge in [0.05, 0.1) is 6.26 Å². The summed E-state index contributed by atoms with van der Waals surface area (Å²) in [4.78, 5) is 28.7. The van der Waals surface area contributed by atoms with Gasteiger partial charge in [-0.05, 0) is 61.4 Å². The highest BCUT2D eigenvalue weighted by Gasteiger charge is 2.32. The molecule has 9 nitrogen and oxygen atoms in total. The van der Waals surface area contributed by atoms with Crippen LogP contribution in [0.15, 0.2) is 76.5 Å². The van der Waals surface area contributed by atoms with E-state index < -0.39 is 10.0 Å². The number of carbonyl (C=O) groups is 2. The lowest BCUT2D eigenvalue weighted by atomic mass is 9.97. The highest BCUT2D eigenvalue weighted by molar-refractivity contribution is 7.89. The van der Waals surface area contributed by atoms with Crippen molar-refractivity contribution in [2.75, 3.05) is 23.7 Å². The third kappa shape index (κ3) is 4.87. The topological polar surface area (TPSA) is 122 Å². The van der Waals surface area contributed by atoms with Gasteiger partial charge in [-0.15, -0.1) is 0 Å². The summed E-state index contributed by atoms with van der Waals surface area (Å²) in [5.74, 6) is -0.594. The monoisotopic (exact) mass is 454 g/mol. The number of nitrogens with zero attached hydrogens (tertiary/aromatic N) is 2. The van der Waals surface area contributed by atoms with Gasteiger partial charge in [0, 0.05) is 42.8 Å². The molecule has 1 fully saturated rings. The second-order valence-electron chi connectivity index (χ2n) is 7.37. The first kappa shape index (κ1) is 21.7. The van der Waals surface area contributed by atoms with Gasteiger partial charge in [0.15, 0.2) is 5.76 Å². The highest BCUT2D eigenvalue weighted by Crippen LogP contribution is 2.25. The normalized spacial score (nSPS) is 15.2. The third-order valence-corrected chi connectivity index (χ3v) is 7.13. The molecule has 1 aromatic carbocycles. The summed E-state index contributed by atoms with van der Waals surface area (Å²) >= 11 is 0. The smallest absolute Gasteiger partial charge is 0.291 e. The zero-order valence-electron chi connectivity index (χ0n) is 17.1. The second-order valence-corrected chi connectivity index (χ2v) is 9.30. The molecule has 2 aromatic heterocycles. The number of piperidine rings is 1. The van der Waals surface area contributed by atoms with E-state index in [-0.39, 0.29) is 41.5 Å². The molecule has 3 heterocycles. The second kappa shape index (κ2) is 9.33. The number of nitrogens with one attached hydrogen (secondary N) is 2. The van der Waals surface area contributed by atoms with E-state index in [4.69, 9.17) is 4.42 Å². The van der Waals surface area contributed by atoms with Crippen molar-refractivity contribution in [2.45, 2.75) is 17.7 Å². The summed E-state index contributed by atoms with van der Waals surface area (Å²) < 4.78 is 31.8. The fourth-order valence-corrected chi connectivity index (χ4v) is 4.92. The summed E-state index contributed by atoms with van der Waals surface area (Å²) in [6.07, 6.45) is 5.14. The van der Waals surface area contributed by atoms with Crippen LogP contribution in [-0.4, -0.2) is 42.6 Å². The molecule has 2 amide bonds. The van der Waals surface area contributed by atoms with Crippen LogP contribution in [-0.2, 0) is 14.8 Å². The number of carbonyl (C=O) groups excluding carboxylic acids is 2. The van der Waals surface area contributed by atoms with Gasteiger partial charge >= 0.3 is 0 Å². The highest BCUT2D eigenvalue weighted by atomic mass is 32.2. The Morgan fingerprint density at radius 2 is 1.66 bits per heavy atom. The summed E-state index contributed by atoms with van der Waals surface area (Å²) in [6, 6.07) is 13.0. The lowest BCUT2D eigenvalue weighted by Crippen LogP contribution is -2.41. The van der Waals surface area contributed by atoms with E-state index in [9.17, 15) is 18.0 Å². The maximum Gasteiger partial charge on any atom is 0.291 e. The van der Waals surface area contributed by atoms with Crippen molar-refractivity contribution >= 4 is 33.2 Å². The molecule has 10 heteroatoms. The number of pyridine rings is 1. The van der Waals surface area contributed by atoms with Crippen molar-refractivity contribution in [3.8, 4) is 0 Å². The lowest BCUT2D eigenvalue weighted by Gasteiger charge is -2.30. The number of sulfonamides is 1. The van der Waals surface area contributed by atoms with E-state index >= 15 is 0 Å². The van der Waals surface area contributed by atoms with Gasteiger partial charge in [-0.3, -0.25) is 14.6 Å². The predicted molar refractivity (Wildman–Crippen MR) is 117 cm³/mol. The molecule has 2 N–H and O–H groups in total. The number of amides is 2. The molecule has 1 aliphatic heterocycles. The van der Waals surface area contributed by atoms with Gasteiger partial charge in [-0.1, -0.05) is 0 Å². The van der Waals surface area contributed by atoms with Gasteiger partial charge in [0.25, 0.3) is 5.91 Å². The lowest BCUT2D eigenvalue weighted by molar-refractivity contribution is -0.120. The Hall–Kier alpha value is -3.50. The molecule has 32 heavy (non-hydrogen) atoms. The SMILES string of the molecule is O=C(Nc1ccc(NC(=O)C2CCN(S(=O)(=O)c3cccnc3)CC2)cc1)c1ccco1. The molecular weight excluding hydrogens is 432 g/mol. The van der Waals surface area contributed by atoms with Crippen LogP contribution in [0.25, 0.3) is 0 Å². The van der Waals surface area contributed by atoms with Crippen LogP contribution in [0.4, 0.5) is 11.4 Å². The molecule has 166 valence electrons. The first-order valence-electron chi connectivity index (χ1n) is 10.1. The minimum Gasteiger partial charge on any atom is -0.459 e. The van der Waals surface area contributed by atoms with Crippen LogP contribution in [0, 0.1) is 5.92 Å². The third-order valence-electron chi connectivity index (χ3n) is 5.25. The zero-order valence-corrected chi connectivity index (χ0v) is 17.9. The molecule has 0 spiro atoms. The largest absolute Gasteiger partial charge is 0.459 e. The molecule has 1 aliphatic rings. The Bertz CT molecular complexity index is 1170. The van der Waals surface area contributed by atoms with Gasteiger partial charge in [0.1, 0.15) is 4.90 Å². The molecule has 0 radical (unpaired) electrons. The molecular formula is C22H22N4O5S. The molecule has 0 atom stereocenters. The zero-order chi connectivity index (χ0) is 22.6. The number of hydrogen-bond acceptors (Lipinski definition) is 6. The summed E-state index contributed by atoms with van der Waals surface area (Å²) in [5.41, 5.74) is 1.16. The maximum atomic E-state index is 12.7. The number of rotatable bonds is 6. The number of benzene rings is 1. The summed E-state index contributed by atoms with van der Waals surface area (Å²) in [5, 5.41) is 5.57. The fourth-order valence-electron chi connectivity index (χ4n) is 3.49. The van der Waals surface area contributed by atoms with Crippen LogP contribution < -0.4 is 10.6 Å². The van der Waals surface area contributed by atoms with Gasteiger partial charge in [-0.2, -0.15) is 4.31 Å². The Kier molecular flexibility index (Phi) is 6.33. The molecule has 0 saturated carbocycles. The van der Waals surface area contributed by atoms with E-state index in [2.05, 4.69) is 15.6 Å². The molecule has 0 unspecified atom stereocenters. The molecule has 4 rings (SSSR count). The molecule has 0 bridgehead atoms. The first-order chi connectivity index (χ1) is 15.4. The predicted octanol–water partition coefficient (Wildman–Crippen LogP) is 2.97. The first-order valence-corrected chi connectivity index (χ1v) is 11.5. The fraction of sp³-hybridized carbons (Fsp3) is 0.227. The number of anilines is 2. The van der Waals surface area contributed by atoms with Crippen molar-refractivity contribution in [1.29, 1.82) is 0 Å². The van der Waals surface area contributed by atoms with E-state index in [1.165, 1.54) is 29.0 Å². The Labute approximate surface area is 185 Å². The molecule has 1 saturated heterocycles. The average Bonchev–Trinajstić information content (AvgIpc) is 3.36. The minimum atomic E-state index is -3.60. The number of hydrogen-bond donors (Lipinski definition) is 2. The summed E-state index contributed by atoms with van der Waals surface area (Å²) in [6.45, 7) is 0.542. The Balaban J connectivity index is 1.30. The van der Waals surface area contributed by atoms with Gasteiger partial charge in [0.2, 0.25) is 15.9 Å².